The van der Waals surface area contributed by atoms with Gasteiger partial charge >= 0.3 is 5.97 Å². The molecule has 3 rings (SSSR count). The summed E-state index contributed by atoms with van der Waals surface area (Å²) in [7, 11) is -4.47. The number of fused-ring (bicyclic) bond motifs is 1. The minimum Gasteiger partial charge on any atom is -0.458 e. The molecule has 3 aliphatic rings. The summed E-state index contributed by atoms with van der Waals surface area (Å²) >= 11 is 0. The van der Waals surface area contributed by atoms with Crippen LogP contribution in [0.15, 0.2) is 23.8 Å². The highest BCUT2D eigenvalue weighted by molar-refractivity contribution is 7.86. The molecule has 0 saturated heterocycles. The van der Waals surface area contributed by atoms with Crippen LogP contribution in [0.2, 0.25) is 0 Å². The first-order valence-electron chi connectivity index (χ1n) is 9.58. The molecule has 0 aromatic rings. The third-order valence-electron chi connectivity index (χ3n) is 7.46. The summed E-state index contributed by atoms with van der Waals surface area (Å²) in [5.41, 5.74) is 0.447. The predicted octanol–water partition coefficient (Wildman–Crippen LogP) is 2.89. The van der Waals surface area contributed by atoms with E-state index in [0.29, 0.717) is 6.42 Å². The minimum absolute atomic E-state index is 0.0196. The maximum absolute atomic E-state index is 12.1. The summed E-state index contributed by atoms with van der Waals surface area (Å²) in [6, 6.07) is 0. The van der Waals surface area contributed by atoms with Crippen LogP contribution < -0.4 is 0 Å². The smallest absolute Gasteiger partial charge is 0.335 e. The van der Waals surface area contributed by atoms with Gasteiger partial charge in [0.15, 0.2) is 0 Å². The van der Waals surface area contributed by atoms with Gasteiger partial charge in [0.2, 0.25) is 0 Å². The fourth-order valence-corrected chi connectivity index (χ4v) is 6.81. The van der Waals surface area contributed by atoms with Gasteiger partial charge < -0.3 is 9.84 Å². The van der Waals surface area contributed by atoms with E-state index in [1.54, 1.807) is 0 Å². The van der Waals surface area contributed by atoms with Gasteiger partial charge in [-0.05, 0) is 60.8 Å². The number of hydrogen-bond donors (Lipinski definition) is 2. The number of rotatable bonds is 4. The maximum Gasteiger partial charge on any atom is 0.335 e. The standard InChI is InChI=1S/C20H30O6S/c1-12-5-6-16-19(2,3)17(21)7-9-20(16,4)14(12)11-15(27(23,24)25)13-8-10-26-18(13)22/h8,14-17,21H,1,5-7,9-11H2,2-4H3,(H,23,24,25)/t14-,15-,16-,17-,20+/m1/s1. The van der Waals surface area contributed by atoms with Crippen LogP contribution in [0.25, 0.3) is 0 Å². The highest BCUT2D eigenvalue weighted by Crippen LogP contribution is 2.62. The first-order chi connectivity index (χ1) is 12.4. The highest BCUT2D eigenvalue weighted by atomic mass is 32.2. The highest BCUT2D eigenvalue weighted by Gasteiger charge is 2.57. The molecule has 7 heteroatoms. The Bertz CT molecular complexity index is 780. The predicted molar refractivity (Wildman–Crippen MR) is 101 cm³/mol. The van der Waals surface area contributed by atoms with E-state index in [0.717, 1.165) is 24.8 Å². The zero-order chi connectivity index (χ0) is 20.2. The lowest BCUT2D eigenvalue weighted by atomic mass is 9.46. The van der Waals surface area contributed by atoms with E-state index >= 15 is 0 Å². The number of esters is 1. The van der Waals surface area contributed by atoms with Gasteiger partial charge in [0.1, 0.15) is 11.9 Å². The monoisotopic (exact) mass is 398 g/mol. The molecule has 0 unspecified atom stereocenters. The van der Waals surface area contributed by atoms with Gasteiger partial charge in [-0.1, -0.05) is 32.9 Å². The Kier molecular flexibility index (Phi) is 5.11. The lowest BCUT2D eigenvalue weighted by Crippen LogP contribution is -2.55. The second-order valence-corrected chi connectivity index (χ2v) is 10.8. The maximum atomic E-state index is 12.1. The van der Waals surface area contributed by atoms with E-state index in [1.807, 2.05) is 0 Å². The van der Waals surface area contributed by atoms with Crippen LogP contribution in [0.5, 0.6) is 0 Å². The number of cyclic esters (lactones) is 1. The van der Waals surface area contributed by atoms with Gasteiger partial charge in [0.25, 0.3) is 10.1 Å². The fraction of sp³-hybridized carbons (Fsp3) is 0.750. The van der Waals surface area contributed by atoms with Crippen molar-refractivity contribution >= 4 is 16.1 Å². The molecule has 27 heavy (non-hydrogen) atoms. The van der Waals surface area contributed by atoms with Crippen molar-refractivity contribution in [2.75, 3.05) is 6.61 Å². The number of ether oxygens (including phenoxy) is 1. The van der Waals surface area contributed by atoms with Crippen molar-refractivity contribution in [3.05, 3.63) is 23.8 Å². The average Bonchev–Trinajstić information content (AvgIpc) is 2.95. The Hall–Kier alpha value is -1.18. The van der Waals surface area contributed by atoms with Gasteiger partial charge in [-0.2, -0.15) is 8.42 Å². The van der Waals surface area contributed by atoms with Crippen LogP contribution >= 0.6 is 0 Å². The molecule has 1 heterocycles. The molecule has 0 aromatic heterocycles. The van der Waals surface area contributed by atoms with Crippen LogP contribution in [0.4, 0.5) is 0 Å². The zero-order valence-corrected chi connectivity index (χ0v) is 17.1. The van der Waals surface area contributed by atoms with Crippen molar-refractivity contribution in [1.29, 1.82) is 0 Å². The minimum atomic E-state index is -4.47. The second kappa shape index (κ2) is 6.71. The van der Waals surface area contributed by atoms with Gasteiger partial charge in [0, 0.05) is 0 Å². The normalized spacial score (nSPS) is 37.4. The van der Waals surface area contributed by atoms with Crippen molar-refractivity contribution in [3.63, 3.8) is 0 Å². The van der Waals surface area contributed by atoms with Crippen LogP contribution in [-0.4, -0.2) is 42.0 Å². The third-order valence-corrected chi connectivity index (χ3v) is 8.63. The van der Waals surface area contributed by atoms with Crippen LogP contribution in [0.3, 0.4) is 0 Å². The molecule has 1 aliphatic heterocycles. The number of hydrogen-bond acceptors (Lipinski definition) is 5. The third kappa shape index (κ3) is 3.38. The summed E-state index contributed by atoms with van der Waals surface area (Å²) in [5, 5.41) is 9.23. The number of carbonyl (C=O) groups is 1. The summed E-state index contributed by atoms with van der Waals surface area (Å²) in [4.78, 5) is 12.0. The number of aliphatic hydroxyl groups is 1. The molecule has 152 valence electrons. The Morgan fingerprint density at radius 2 is 2.00 bits per heavy atom. The lowest BCUT2D eigenvalue weighted by molar-refractivity contribution is -0.136. The first-order valence-corrected chi connectivity index (χ1v) is 11.1. The fourth-order valence-electron chi connectivity index (χ4n) is 5.86. The number of allylic oxidation sites excluding steroid dienone is 1. The molecular weight excluding hydrogens is 368 g/mol. The molecule has 6 nitrogen and oxygen atoms in total. The van der Waals surface area contributed by atoms with Gasteiger partial charge in [-0.15, -0.1) is 0 Å². The molecule has 0 radical (unpaired) electrons. The summed E-state index contributed by atoms with van der Waals surface area (Å²) in [6.07, 6.45) is 4.21. The quantitative estimate of drug-likeness (QED) is 0.429. The first kappa shape index (κ1) is 20.6. The van der Waals surface area contributed by atoms with E-state index in [9.17, 15) is 22.9 Å². The summed E-state index contributed by atoms with van der Waals surface area (Å²) in [6.45, 7) is 10.5. The van der Waals surface area contributed by atoms with E-state index in [4.69, 9.17) is 4.74 Å². The SMILES string of the molecule is C=C1CC[C@@H]2C(C)(C)[C@H](O)CC[C@@]2(C)[C@@H]1C[C@H](C1=CCOC1=O)S(=O)(=O)O. The van der Waals surface area contributed by atoms with Crippen molar-refractivity contribution in [2.24, 2.45) is 22.7 Å². The number of aliphatic hydroxyl groups excluding tert-OH is 1. The molecular formula is C20H30O6S. The van der Waals surface area contributed by atoms with Gasteiger partial charge in [0.05, 0.1) is 11.7 Å². The Labute approximate surface area is 161 Å². The molecule has 5 atom stereocenters. The number of carbonyl (C=O) groups excluding carboxylic acids is 1. The van der Waals surface area contributed by atoms with Crippen molar-refractivity contribution in [3.8, 4) is 0 Å². The Morgan fingerprint density at radius 3 is 2.56 bits per heavy atom. The zero-order valence-electron chi connectivity index (χ0n) is 16.3. The van der Waals surface area contributed by atoms with Crippen molar-refractivity contribution in [1.82, 2.24) is 0 Å². The molecule has 0 spiro atoms. The molecule has 0 amide bonds. The van der Waals surface area contributed by atoms with Gasteiger partial charge in [-0.3, -0.25) is 4.55 Å². The van der Waals surface area contributed by atoms with Crippen molar-refractivity contribution in [2.45, 2.75) is 64.2 Å². The largest absolute Gasteiger partial charge is 0.458 e. The van der Waals surface area contributed by atoms with E-state index in [-0.39, 0.29) is 41.3 Å². The molecule has 2 fully saturated rings. The topological polar surface area (TPSA) is 101 Å². The molecule has 2 saturated carbocycles. The van der Waals surface area contributed by atoms with Gasteiger partial charge in [-0.25, -0.2) is 4.79 Å². The summed E-state index contributed by atoms with van der Waals surface area (Å²) in [5.74, 6) is -0.639. The average molecular weight is 399 g/mol. The van der Waals surface area contributed by atoms with Crippen LogP contribution in [0, 0.1) is 22.7 Å². The van der Waals surface area contributed by atoms with Crippen LogP contribution in [-0.2, 0) is 19.6 Å². The molecule has 0 aromatic carbocycles. The van der Waals surface area contributed by atoms with E-state index < -0.39 is 27.4 Å². The second-order valence-electron chi connectivity index (χ2n) is 9.18. The van der Waals surface area contributed by atoms with Crippen molar-refractivity contribution < 1.29 is 27.6 Å². The molecule has 0 bridgehead atoms. The molecule has 2 aliphatic carbocycles. The summed E-state index contributed by atoms with van der Waals surface area (Å²) < 4.78 is 39.0. The van der Waals surface area contributed by atoms with E-state index in [2.05, 4.69) is 27.4 Å². The van der Waals surface area contributed by atoms with Crippen LogP contribution in [0.1, 0.15) is 52.9 Å². The lowest BCUT2D eigenvalue weighted by Gasteiger charge is -2.59. The molecule has 2 N–H and O–H groups in total. The van der Waals surface area contributed by atoms with E-state index in [1.165, 1.54) is 6.08 Å². The Balaban J connectivity index is 1.98. The Morgan fingerprint density at radius 1 is 1.33 bits per heavy atom.